The van der Waals surface area contributed by atoms with Crippen molar-refractivity contribution in [3.63, 3.8) is 0 Å². The second-order valence-electron chi connectivity index (χ2n) is 4.42. The van der Waals surface area contributed by atoms with E-state index in [9.17, 15) is 14.4 Å². The predicted octanol–water partition coefficient (Wildman–Crippen LogP) is 1.83. The normalized spacial score (nSPS) is 10.5. The molecule has 0 saturated heterocycles. The number of ketones is 1. The van der Waals surface area contributed by atoms with Crippen LogP contribution in [0.25, 0.3) is 0 Å². The fraction of sp³-hybridized carbons (Fsp3) is 0.286. The van der Waals surface area contributed by atoms with E-state index in [0.29, 0.717) is 15.7 Å². The Kier molecular flexibility index (Phi) is 5.51. The van der Waals surface area contributed by atoms with Crippen LogP contribution in [0.15, 0.2) is 28.2 Å². The molecule has 2 aromatic heterocycles. The second-order valence-corrected chi connectivity index (χ2v) is 6.67. The van der Waals surface area contributed by atoms with Crippen LogP contribution in [0.3, 0.4) is 0 Å². The third-order valence-electron chi connectivity index (χ3n) is 2.68. The molecule has 8 heteroatoms. The molecule has 0 atom stereocenters. The minimum atomic E-state index is -0.473. The SMILES string of the molecule is COC(=O)Cc1cc(=O)[nH]c(SCC(=O)c2ccc(C)s2)n1. The largest absolute Gasteiger partial charge is 0.469 e. The summed E-state index contributed by atoms with van der Waals surface area (Å²) in [4.78, 5) is 43.2. The van der Waals surface area contributed by atoms with Crippen molar-refractivity contribution < 1.29 is 14.3 Å². The van der Waals surface area contributed by atoms with Gasteiger partial charge in [0.1, 0.15) is 0 Å². The Labute approximate surface area is 134 Å². The van der Waals surface area contributed by atoms with Crippen LogP contribution in [0.1, 0.15) is 20.2 Å². The van der Waals surface area contributed by atoms with Gasteiger partial charge in [0.15, 0.2) is 10.9 Å². The first-order valence-electron chi connectivity index (χ1n) is 6.37. The number of aromatic amines is 1. The maximum Gasteiger partial charge on any atom is 0.311 e. The minimum Gasteiger partial charge on any atom is -0.469 e. The van der Waals surface area contributed by atoms with Gasteiger partial charge in [0, 0.05) is 10.9 Å². The van der Waals surface area contributed by atoms with Crippen LogP contribution in [-0.4, -0.2) is 34.6 Å². The number of rotatable bonds is 6. The van der Waals surface area contributed by atoms with E-state index in [1.54, 1.807) is 6.07 Å². The van der Waals surface area contributed by atoms with Gasteiger partial charge >= 0.3 is 5.97 Å². The van der Waals surface area contributed by atoms with Crippen molar-refractivity contribution in [2.75, 3.05) is 12.9 Å². The molecule has 0 bridgehead atoms. The zero-order chi connectivity index (χ0) is 16.1. The summed E-state index contributed by atoms with van der Waals surface area (Å²) in [7, 11) is 1.27. The number of nitrogens with one attached hydrogen (secondary N) is 1. The van der Waals surface area contributed by atoms with Crippen LogP contribution in [0.5, 0.6) is 0 Å². The molecule has 0 fully saturated rings. The Hall–Kier alpha value is -1.93. The number of carbonyl (C=O) groups is 2. The number of nitrogens with zero attached hydrogens (tertiary/aromatic N) is 1. The number of aryl methyl sites for hydroxylation is 1. The van der Waals surface area contributed by atoms with Gasteiger partial charge in [-0.2, -0.15) is 0 Å². The van der Waals surface area contributed by atoms with E-state index < -0.39 is 5.97 Å². The quantitative estimate of drug-likeness (QED) is 0.374. The molecule has 0 aliphatic carbocycles. The Balaban J connectivity index is 2.04. The maximum atomic E-state index is 12.0. The summed E-state index contributed by atoms with van der Waals surface area (Å²) in [6, 6.07) is 4.91. The maximum absolute atomic E-state index is 12.0. The first kappa shape index (κ1) is 16.4. The van der Waals surface area contributed by atoms with E-state index in [1.807, 2.05) is 13.0 Å². The summed E-state index contributed by atoms with van der Waals surface area (Å²) >= 11 is 2.57. The Morgan fingerprint density at radius 1 is 1.41 bits per heavy atom. The number of thiophene rings is 1. The fourth-order valence-electron chi connectivity index (χ4n) is 1.65. The molecule has 0 aliphatic heterocycles. The molecule has 0 radical (unpaired) electrons. The number of aromatic nitrogens is 2. The molecule has 1 N–H and O–H groups in total. The molecule has 0 aliphatic rings. The number of Topliss-reactive ketones (excluding diaryl/α,β-unsaturated/α-hetero) is 1. The number of esters is 1. The summed E-state index contributed by atoms with van der Waals surface area (Å²) in [5.74, 6) is -0.326. The van der Waals surface area contributed by atoms with Crippen LogP contribution in [0, 0.1) is 6.92 Å². The minimum absolute atomic E-state index is 0.0240. The predicted molar refractivity (Wildman–Crippen MR) is 84.7 cm³/mol. The van der Waals surface area contributed by atoms with Crippen LogP contribution in [-0.2, 0) is 16.0 Å². The van der Waals surface area contributed by atoms with E-state index in [2.05, 4.69) is 14.7 Å². The van der Waals surface area contributed by atoms with Gasteiger partial charge in [-0.15, -0.1) is 11.3 Å². The van der Waals surface area contributed by atoms with E-state index in [-0.39, 0.29) is 23.5 Å². The van der Waals surface area contributed by atoms with Gasteiger partial charge in [0.2, 0.25) is 0 Å². The zero-order valence-electron chi connectivity index (χ0n) is 12.0. The molecule has 6 nitrogen and oxygen atoms in total. The lowest BCUT2D eigenvalue weighted by atomic mass is 10.3. The van der Waals surface area contributed by atoms with Gasteiger partial charge in [0.25, 0.3) is 5.56 Å². The van der Waals surface area contributed by atoms with Crippen molar-refractivity contribution in [1.29, 1.82) is 0 Å². The van der Waals surface area contributed by atoms with Gasteiger partial charge < -0.3 is 9.72 Å². The first-order chi connectivity index (χ1) is 10.5. The molecular weight excluding hydrogens is 324 g/mol. The van der Waals surface area contributed by atoms with Gasteiger partial charge in [-0.25, -0.2) is 4.98 Å². The Morgan fingerprint density at radius 3 is 2.82 bits per heavy atom. The van der Waals surface area contributed by atoms with Crippen molar-refractivity contribution in [3.05, 3.63) is 44.0 Å². The van der Waals surface area contributed by atoms with E-state index in [4.69, 9.17) is 0 Å². The van der Waals surface area contributed by atoms with Crippen molar-refractivity contribution in [2.24, 2.45) is 0 Å². The molecule has 0 aromatic carbocycles. The molecule has 2 rings (SSSR count). The average molecular weight is 338 g/mol. The number of carbonyl (C=O) groups excluding carboxylic acids is 2. The first-order valence-corrected chi connectivity index (χ1v) is 8.17. The van der Waals surface area contributed by atoms with Crippen LogP contribution < -0.4 is 5.56 Å². The van der Waals surface area contributed by atoms with Crippen molar-refractivity contribution in [3.8, 4) is 0 Å². The Bertz CT molecular complexity index is 751. The summed E-state index contributed by atoms with van der Waals surface area (Å²) < 4.78 is 4.54. The van der Waals surface area contributed by atoms with Crippen molar-refractivity contribution in [2.45, 2.75) is 18.5 Å². The van der Waals surface area contributed by atoms with Crippen LogP contribution in [0.4, 0.5) is 0 Å². The second kappa shape index (κ2) is 7.37. The standard InChI is InChI=1S/C14H14N2O4S2/c1-8-3-4-11(22-8)10(17)7-21-14-15-9(5-12(18)16-14)6-13(19)20-2/h3-5H,6-7H2,1-2H3,(H,15,16,18). The smallest absolute Gasteiger partial charge is 0.311 e. The molecule has 0 amide bonds. The molecular formula is C14H14N2O4S2. The third kappa shape index (κ3) is 4.54. The fourth-order valence-corrected chi connectivity index (χ4v) is 3.33. The number of hydrogen-bond donors (Lipinski definition) is 1. The van der Waals surface area contributed by atoms with Gasteiger partial charge in [0.05, 0.1) is 29.9 Å². The molecule has 0 saturated carbocycles. The molecule has 116 valence electrons. The Morgan fingerprint density at radius 2 is 2.18 bits per heavy atom. The third-order valence-corrected chi connectivity index (χ3v) is 4.60. The number of H-pyrrole nitrogens is 1. The number of methoxy groups -OCH3 is 1. The zero-order valence-corrected chi connectivity index (χ0v) is 13.7. The summed E-state index contributed by atoms with van der Waals surface area (Å²) in [5, 5.41) is 0.313. The molecule has 0 unspecified atom stereocenters. The molecule has 2 aromatic rings. The van der Waals surface area contributed by atoms with E-state index >= 15 is 0 Å². The topological polar surface area (TPSA) is 89.1 Å². The summed E-state index contributed by atoms with van der Waals surface area (Å²) in [6.07, 6.45) is -0.0773. The van der Waals surface area contributed by atoms with Crippen molar-refractivity contribution in [1.82, 2.24) is 9.97 Å². The van der Waals surface area contributed by atoms with Gasteiger partial charge in [-0.1, -0.05) is 11.8 Å². The summed E-state index contributed by atoms with van der Waals surface area (Å²) in [6.45, 7) is 1.93. The average Bonchev–Trinajstić information content (AvgIpc) is 2.90. The molecule has 22 heavy (non-hydrogen) atoms. The summed E-state index contributed by atoms with van der Waals surface area (Å²) in [5.41, 5.74) is -0.0478. The number of hydrogen-bond acceptors (Lipinski definition) is 7. The van der Waals surface area contributed by atoms with E-state index in [0.717, 1.165) is 16.6 Å². The molecule has 2 heterocycles. The van der Waals surface area contributed by atoms with Gasteiger partial charge in [-0.05, 0) is 19.1 Å². The monoisotopic (exact) mass is 338 g/mol. The molecule has 0 spiro atoms. The van der Waals surface area contributed by atoms with E-state index in [1.165, 1.54) is 24.5 Å². The highest BCUT2D eigenvalue weighted by atomic mass is 32.2. The van der Waals surface area contributed by atoms with Crippen LogP contribution >= 0.6 is 23.1 Å². The highest BCUT2D eigenvalue weighted by Crippen LogP contribution is 2.19. The lowest BCUT2D eigenvalue weighted by Gasteiger charge is -2.03. The number of ether oxygens (including phenoxy) is 1. The lowest BCUT2D eigenvalue weighted by molar-refractivity contribution is -0.139. The highest BCUT2D eigenvalue weighted by Gasteiger charge is 2.12. The lowest BCUT2D eigenvalue weighted by Crippen LogP contribution is -2.14. The highest BCUT2D eigenvalue weighted by molar-refractivity contribution is 7.99. The number of thioether (sulfide) groups is 1. The van der Waals surface area contributed by atoms with Crippen LogP contribution in [0.2, 0.25) is 0 Å². The van der Waals surface area contributed by atoms with Gasteiger partial charge in [-0.3, -0.25) is 14.4 Å². The van der Waals surface area contributed by atoms with Crippen molar-refractivity contribution >= 4 is 34.9 Å².